The maximum Gasteiger partial charge on any atom is 0.159 e. The molecule has 2 unspecified atom stereocenters. The van der Waals surface area contributed by atoms with Crippen LogP contribution in [0.1, 0.15) is 120 Å². The summed E-state index contributed by atoms with van der Waals surface area (Å²) in [5.41, 5.74) is -0.296. The van der Waals surface area contributed by atoms with Crippen LogP contribution in [-0.4, -0.2) is 90.7 Å². The number of rotatable bonds is 23. The Morgan fingerprint density at radius 3 is 1.49 bits per heavy atom. The van der Waals surface area contributed by atoms with Gasteiger partial charge in [0.25, 0.3) is 0 Å². The van der Waals surface area contributed by atoms with Crippen molar-refractivity contribution < 1.29 is 0 Å². The summed E-state index contributed by atoms with van der Waals surface area (Å²) >= 11 is 0. The van der Waals surface area contributed by atoms with Crippen molar-refractivity contribution in [3.8, 4) is 0 Å². The minimum atomic E-state index is -0.400. The SMILES string of the molecule is CCCCCCNC(NCCCCC)(N(C)C)C(C)(N(CC)CC)N(C(C)C)N(CCC)CCC. The number of nitrogens with one attached hydrogen (secondary N) is 2. The highest BCUT2D eigenvalue weighted by Gasteiger charge is 2.58. The van der Waals surface area contributed by atoms with Gasteiger partial charge in [-0.15, -0.1) is 0 Å². The summed E-state index contributed by atoms with van der Waals surface area (Å²) in [6.45, 7) is 27.3. The van der Waals surface area contributed by atoms with E-state index in [1.54, 1.807) is 0 Å². The highest BCUT2D eigenvalue weighted by molar-refractivity contribution is 5.06. The van der Waals surface area contributed by atoms with Crippen LogP contribution in [0.2, 0.25) is 0 Å². The van der Waals surface area contributed by atoms with Crippen LogP contribution in [0.25, 0.3) is 0 Å². The molecule has 0 saturated carbocycles. The first kappa shape index (κ1) is 34.8. The van der Waals surface area contributed by atoms with Crippen molar-refractivity contribution in [2.45, 2.75) is 138 Å². The van der Waals surface area contributed by atoms with E-state index in [0.29, 0.717) is 6.04 Å². The van der Waals surface area contributed by atoms with E-state index >= 15 is 0 Å². The van der Waals surface area contributed by atoms with Gasteiger partial charge in [-0.05, 0) is 86.7 Å². The Bertz CT molecular complexity index is 490. The smallest absolute Gasteiger partial charge is 0.159 e. The van der Waals surface area contributed by atoms with E-state index in [1.165, 1.54) is 44.9 Å². The average molecular weight is 499 g/mol. The first-order valence-corrected chi connectivity index (χ1v) is 15.1. The molecule has 0 aromatic carbocycles. The maximum atomic E-state index is 4.14. The van der Waals surface area contributed by atoms with Gasteiger partial charge in [-0.25, -0.2) is 10.0 Å². The summed E-state index contributed by atoms with van der Waals surface area (Å²) in [6, 6.07) is 0.373. The third-order valence-electron chi connectivity index (χ3n) is 7.51. The minimum Gasteiger partial charge on any atom is -0.284 e. The molecule has 6 nitrogen and oxygen atoms in total. The molecule has 212 valence electrons. The van der Waals surface area contributed by atoms with Crippen LogP contribution in [0, 0.1) is 0 Å². The Balaban J connectivity index is 6.81. The summed E-state index contributed by atoms with van der Waals surface area (Å²) in [5.74, 6) is -0.400. The molecule has 2 atom stereocenters. The Labute approximate surface area is 221 Å². The largest absolute Gasteiger partial charge is 0.284 e. The highest BCUT2D eigenvalue weighted by atomic mass is 15.7. The summed E-state index contributed by atoms with van der Waals surface area (Å²) in [5, 5.41) is 13.6. The molecule has 0 amide bonds. The third kappa shape index (κ3) is 9.54. The summed E-state index contributed by atoms with van der Waals surface area (Å²) < 4.78 is 0. The van der Waals surface area contributed by atoms with Crippen molar-refractivity contribution in [2.24, 2.45) is 0 Å². The Hall–Kier alpha value is -0.240. The van der Waals surface area contributed by atoms with Gasteiger partial charge in [0.05, 0.1) is 0 Å². The Morgan fingerprint density at radius 1 is 0.657 bits per heavy atom. The monoisotopic (exact) mass is 499 g/mol. The molecular weight excluding hydrogens is 432 g/mol. The first-order valence-electron chi connectivity index (χ1n) is 15.1. The molecule has 0 aliphatic rings. The Morgan fingerprint density at radius 2 is 1.11 bits per heavy atom. The number of hydrogen-bond donors (Lipinski definition) is 2. The standard InChI is InChI=1S/C29H66N6/c1-12-18-20-22-24-31-29(32(10)11,30-23-21-19-13-2)28(9,33(16-5)17-6)35(27(7)8)34(25-14-3)26-15-4/h27,30-31H,12-26H2,1-11H3. The first-order chi connectivity index (χ1) is 16.7. The molecule has 0 aromatic heterocycles. The molecule has 0 bridgehead atoms. The third-order valence-corrected chi connectivity index (χ3v) is 7.51. The summed E-state index contributed by atoms with van der Waals surface area (Å²) in [6.07, 6.45) is 11.1. The van der Waals surface area contributed by atoms with Crippen molar-refractivity contribution in [2.75, 3.05) is 53.4 Å². The van der Waals surface area contributed by atoms with E-state index < -0.39 is 5.79 Å². The molecule has 35 heavy (non-hydrogen) atoms. The topological polar surface area (TPSA) is 37.0 Å². The van der Waals surface area contributed by atoms with Gasteiger partial charge < -0.3 is 0 Å². The molecular formula is C29H66N6. The second-order valence-electron chi connectivity index (χ2n) is 10.8. The lowest BCUT2D eigenvalue weighted by atomic mass is 9.94. The van der Waals surface area contributed by atoms with Gasteiger partial charge >= 0.3 is 0 Å². The number of likely N-dealkylation sites (N-methyl/N-ethyl adjacent to an activating group) is 2. The average Bonchev–Trinajstić information content (AvgIpc) is 2.81. The molecule has 0 aliphatic heterocycles. The molecule has 0 aliphatic carbocycles. The van der Waals surface area contributed by atoms with Crippen molar-refractivity contribution >= 4 is 0 Å². The fourth-order valence-electron chi connectivity index (χ4n) is 5.93. The molecule has 0 fully saturated rings. The summed E-state index contributed by atoms with van der Waals surface area (Å²) in [4.78, 5) is 5.11. The van der Waals surface area contributed by atoms with E-state index in [9.17, 15) is 0 Å². The lowest BCUT2D eigenvalue weighted by molar-refractivity contribution is -0.255. The van der Waals surface area contributed by atoms with Crippen molar-refractivity contribution in [3.05, 3.63) is 0 Å². The van der Waals surface area contributed by atoms with Crippen molar-refractivity contribution in [3.63, 3.8) is 0 Å². The quantitative estimate of drug-likeness (QED) is 0.103. The van der Waals surface area contributed by atoms with E-state index in [-0.39, 0.29) is 5.66 Å². The van der Waals surface area contributed by atoms with Crippen molar-refractivity contribution in [1.29, 1.82) is 0 Å². The number of unbranched alkanes of at least 4 members (excludes halogenated alkanes) is 5. The minimum absolute atomic E-state index is 0.296. The van der Waals surface area contributed by atoms with Gasteiger partial charge in [-0.3, -0.25) is 20.4 Å². The van der Waals surface area contributed by atoms with Crippen LogP contribution in [0.4, 0.5) is 0 Å². The molecule has 0 heterocycles. The van der Waals surface area contributed by atoms with Gasteiger partial charge in [-0.2, -0.15) is 0 Å². The fourth-order valence-corrected chi connectivity index (χ4v) is 5.93. The van der Waals surface area contributed by atoms with Crippen molar-refractivity contribution in [1.82, 2.24) is 30.5 Å². The van der Waals surface area contributed by atoms with Gasteiger partial charge in [0.2, 0.25) is 0 Å². The second kappa shape index (κ2) is 18.9. The number of hydrazine groups is 1. The van der Waals surface area contributed by atoms with Gasteiger partial charge in [0.1, 0.15) is 5.66 Å². The maximum absolute atomic E-state index is 4.14. The van der Waals surface area contributed by atoms with Gasteiger partial charge in [-0.1, -0.05) is 73.6 Å². The lowest BCUT2D eigenvalue weighted by Crippen LogP contribution is -2.87. The lowest BCUT2D eigenvalue weighted by Gasteiger charge is -2.64. The molecule has 0 spiro atoms. The summed E-state index contributed by atoms with van der Waals surface area (Å²) in [7, 11) is 4.52. The number of hydrogen-bond acceptors (Lipinski definition) is 6. The predicted molar refractivity (Wildman–Crippen MR) is 157 cm³/mol. The van der Waals surface area contributed by atoms with Crippen LogP contribution in [0.5, 0.6) is 0 Å². The molecule has 0 aromatic rings. The van der Waals surface area contributed by atoms with Gasteiger partial charge in [0.15, 0.2) is 5.79 Å². The van der Waals surface area contributed by atoms with Crippen LogP contribution in [0.3, 0.4) is 0 Å². The zero-order chi connectivity index (χ0) is 26.9. The molecule has 0 radical (unpaired) electrons. The Kier molecular flexibility index (Phi) is 18.8. The van der Waals surface area contributed by atoms with Crippen LogP contribution in [-0.2, 0) is 0 Å². The van der Waals surface area contributed by atoms with E-state index in [0.717, 1.165) is 52.1 Å². The fraction of sp³-hybridized carbons (Fsp3) is 1.00. The van der Waals surface area contributed by atoms with E-state index in [1.807, 2.05) is 0 Å². The normalized spacial score (nSPS) is 16.1. The molecule has 0 saturated heterocycles. The zero-order valence-electron chi connectivity index (χ0n) is 26.0. The number of nitrogens with zero attached hydrogens (tertiary/aromatic N) is 4. The molecule has 0 rings (SSSR count). The van der Waals surface area contributed by atoms with Gasteiger partial charge in [0, 0.05) is 19.1 Å². The molecule has 6 heteroatoms. The van der Waals surface area contributed by atoms with E-state index in [2.05, 4.69) is 107 Å². The zero-order valence-corrected chi connectivity index (χ0v) is 26.0. The van der Waals surface area contributed by atoms with Crippen LogP contribution in [0.15, 0.2) is 0 Å². The van der Waals surface area contributed by atoms with Crippen LogP contribution < -0.4 is 10.6 Å². The van der Waals surface area contributed by atoms with Crippen LogP contribution >= 0.6 is 0 Å². The highest BCUT2D eigenvalue weighted by Crippen LogP contribution is 2.36. The molecule has 2 N–H and O–H groups in total. The second-order valence-corrected chi connectivity index (χ2v) is 10.8. The van der Waals surface area contributed by atoms with E-state index in [4.69, 9.17) is 0 Å². The predicted octanol–water partition coefficient (Wildman–Crippen LogP) is 5.96.